The minimum atomic E-state index is -7.22. The van der Waals surface area contributed by atoms with E-state index >= 15 is 0 Å². The topological polar surface area (TPSA) is 52.4 Å². The number of hydrogen-bond acceptors (Lipinski definition) is 4. The molecule has 0 aromatic heterocycles. The molecule has 0 rings (SSSR count). The molecule has 296 valence electrons. The van der Waals surface area contributed by atoms with Crippen molar-refractivity contribution in [3.05, 3.63) is 0 Å². The third-order valence-electron chi connectivity index (χ3n) is 5.43. The van der Waals surface area contributed by atoms with Gasteiger partial charge < -0.3 is 13.6 Å². The Bertz CT molecular complexity index is 1180. The van der Waals surface area contributed by atoms with Crippen LogP contribution in [-0.2, 0) is 13.6 Å². The van der Waals surface area contributed by atoms with Crippen LogP contribution < -0.4 is 0 Å². The number of halogens is 24. The largest absolute Gasteiger partial charge is 0.380 e. The first-order valence-electron chi connectivity index (χ1n) is 11.5. The maximum absolute atomic E-state index is 14.1. The van der Waals surface area contributed by atoms with E-state index in [0.717, 1.165) is 0 Å². The molecule has 0 saturated heterocycles. The van der Waals surface area contributed by atoms with Crippen molar-refractivity contribution in [1.29, 1.82) is 0 Å². The Morgan fingerprint density at radius 3 is 0.878 bits per heavy atom. The average molecular weight is 828 g/mol. The van der Waals surface area contributed by atoms with E-state index < -0.39 is 107 Å². The van der Waals surface area contributed by atoms with Crippen molar-refractivity contribution in [1.82, 2.24) is 0 Å². The summed E-state index contributed by atoms with van der Waals surface area (Å²) in [6, 6.07) is 0. The Morgan fingerprint density at radius 2 is 0.673 bits per heavy atom. The molecule has 5 nitrogen and oxygen atoms in total. The lowest BCUT2D eigenvalue weighted by Crippen LogP contribution is -2.59. The van der Waals surface area contributed by atoms with Crippen LogP contribution in [-0.4, -0.2) is 113 Å². The van der Waals surface area contributed by atoms with Gasteiger partial charge in [-0.3, -0.25) is 0 Å². The molecular weight excluding hydrogens is 810 g/mol. The highest BCUT2D eigenvalue weighted by Gasteiger charge is 2.78. The maximum atomic E-state index is 14.1. The van der Waals surface area contributed by atoms with E-state index in [2.05, 4.69) is 22.8 Å². The van der Waals surface area contributed by atoms with Crippen LogP contribution in [0, 0.1) is 0 Å². The molecule has 0 fully saturated rings. The van der Waals surface area contributed by atoms with Gasteiger partial charge in [-0.25, -0.2) is 31.1 Å². The van der Waals surface area contributed by atoms with E-state index in [9.17, 15) is 105 Å². The first kappa shape index (κ1) is 47.7. The van der Waals surface area contributed by atoms with Gasteiger partial charge in [-0.05, 0) is 13.3 Å². The molecule has 0 radical (unpaired) electrons. The Balaban J connectivity index is 7.12. The van der Waals surface area contributed by atoms with Crippen molar-refractivity contribution in [3.8, 4) is 0 Å². The molecule has 0 heterocycles. The van der Waals surface area contributed by atoms with E-state index in [0.29, 0.717) is 0 Å². The van der Waals surface area contributed by atoms with Gasteiger partial charge in [0.25, 0.3) is 0 Å². The Labute approximate surface area is 257 Å². The lowest BCUT2D eigenvalue weighted by molar-refractivity contribution is -0.344. The predicted molar refractivity (Wildman–Crippen MR) is 117 cm³/mol. The van der Waals surface area contributed by atoms with Crippen molar-refractivity contribution >= 4 is 14.9 Å². The van der Waals surface area contributed by atoms with Crippen LogP contribution in [0.3, 0.4) is 0 Å². The van der Waals surface area contributed by atoms with Crippen molar-refractivity contribution in [2.75, 3.05) is 40.2 Å². The molecular formula is C18H18F24N2O3P2. The third-order valence-corrected chi connectivity index (χ3v) is 10.3. The summed E-state index contributed by atoms with van der Waals surface area (Å²) < 4.78 is 336. The summed E-state index contributed by atoms with van der Waals surface area (Å²) in [5.74, 6) is -62.0. The molecule has 0 bridgehead atoms. The quantitative estimate of drug-likeness (QED) is 0.0963. The molecule has 0 aliphatic rings. The molecule has 0 aliphatic carbocycles. The van der Waals surface area contributed by atoms with Gasteiger partial charge in [0.1, 0.15) is 19.8 Å². The van der Waals surface area contributed by atoms with Crippen LogP contribution in [0.5, 0.6) is 0 Å². The molecule has 31 heteroatoms. The molecule has 0 aliphatic heterocycles. The van der Waals surface area contributed by atoms with E-state index in [1.54, 1.807) is 0 Å². The molecule has 0 atom stereocenters. The normalized spacial score (nSPS) is 15.9. The molecule has 0 N–H and O–H groups in total. The Morgan fingerprint density at radius 1 is 0.449 bits per heavy atom. The fourth-order valence-electron chi connectivity index (χ4n) is 2.53. The van der Waals surface area contributed by atoms with Crippen LogP contribution in [0.4, 0.5) is 105 Å². The van der Waals surface area contributed by atoms with Crippen LogP contribution in [0.25, 0.3) is 0 Å². The van der Waals surface area contributed by atoms with Crippen molar-refractivity contribution < 1.29 is 119 Å². The van der Waals surface area contributed by atoms with Gasteiger partial charge in [-0.15, -0.1) is 0 Å². The minimum Gasteiger partial charge on any atom is -0.338 e. The van der Waals surface area contributed by atoms with Crippen molar-refractivity contribution in [2.24, 2.45) is 9.26 Å². The molecule has 0 unspecified atom stereocenters. The monoisotopic (exact) mass is 828 g/mol. The molecule has 0 amide bonds. The molecule has 0 aromatic carbocycles. The maximum Gasteiger partial charge on any atom is 0.380 e. The van der Waals surface area contributed by atoms with Crippen LogP contribution in [0.15, 0.2) is 9.26 Å². The molecule has 49 heavy (non-hydrogen) atoms. The van der Waals surface area contributed by atoms with Gasteiger partial charge in [-0.2, -0.15) is 83.5 Å². The predicted octanol–water partition coefficient (Wildman–Crippen LogP) is 10.5. The standard InChI is InChI=1S/C18H18F24N2O3P2/c1-43-49(46-5-11(27,28)17(39,40)14(33,34)8(21)22,47-6-12(29,30)18(41,42)15(35,36)9(23)24)44-48(2,3)45-4-10(25,26)16(37,38)13(31,32)7(19)20/h7-9H,4-6H2,1-3H3. The SMILES string of the molecule is CN=P(N=P(C)(C)OCC(F)(F)C(F)(F)C(F)(F)C(F)F)(OCC(F)(F)C(F)(F)C(F)(F)C(F)F)OCC(F)(F)C(F)(F)C(F)(F)C(F)F. The third kappa shape index (κ3) is 9.18. The highest BCUT2D eigenvalue weighted by Crippen LogP contribution is 2.65. The van der Waals surface area contributed by atoms with E-state index in [1.165, 1.54) is 0 Å². The number of hydrogen-bond donors (Lipinski definition) is 0. The Kier molecular flexibility index (Phi) is 14.2. The average Bonchev–Trinajstić information content (AvgIpc) is 2.92. The van der Waals surface area contributed by atoms with Gasteiger partial charge in [0.15, 0.2) is 0 Å². The zero-order valence-electron chi connectivity index (χ0n) is 23.4. The molecule has 0 saturated carbocycles. The highest BCUT2D eigenvalue weighted by molar-refractivity contribution is 7.69. The van der Waals surface area contributed by atoms with Crippen LogP contribution >= 0.6 is 14.9 Å². The number of rotatable bonds is 19. The van der Waals surface area contributed by atoms with E-state index in [-0.39, 0.29) is 20.4 Å². The van der Waals surface area contributed by atoms with Gasteiger partial charge in [0, 0.05) is 7.05 Å². The van der Waals surface area contributed by atoms with E-state index in [4.69, 9.17) is 0 Å². The van der Waals surface area contributed by atoms with Crippen molar-refractivity contribution in [3.63, 3.8) is 0 Å². The zero-order chi connectivity index (χ0) is 39.9. The van der Waals surface area contributed by atoms with Gasteiger partial charge in [-0.1, -0.05) is 0 Å². The van der Waals surface area contributed by atoms with Gasteiger partial charge >= 0.3 is 80.2 Å². The molecule has 0 aromatic rings. The van der Waals surface area contributed by atoms with Gasteiger partial charge in [0.05, 0.1) is 7.28 Å². The fourth-order valence-corrected chi connectivity index (χ4v) is 7.09. The van der Waals surface area contributed by atoms with E-state index in [1.807, 2.05) is 0 Å². The van der Waals surface area contributed by atoms with Crippen LogP contribution in [0.1, 0.15) is 0 Å². The lowest BCUT2D eigenvalue weighted by atomic mass is 10.1. The second kappa shape index (κ2) is 14.6. The van der Waals surface area contributed by atoms with Gasteiger partial charge in [0.2, 0.25) is 0 Å². The Hall–Kier alpha value is -1.34. The number of nitrogens with zero attached hydrogens (tertiary/aromatic N) is 2. The minimum absolute atomic E-state index is 0.0166. The first-order valence-corrected chi connectivity index (χ1v) is 15.6. The summed E-state index contributed by atoms with van der Waals surface area (Å²) in [7, 11) is -11.3. The summed E-state index contributed by atoms with van der Waals surface area (Å²) in [4.78, 5) is 0. The number of alkyl halides is 24. The fraction of sp³-hybridized carbons (Fsp3) is 1.00. The van der Waals surface area contributed by atoms with Crippen LogP contribution in [0.2, 0.25) is 0 Å². The lowest BCUT2D eigenvalue weighted by Gasteiger charge is -2.35. The summed E-state index contributed by atoms with van der Waals surface area (Å²) >= 11 is 0. The summed E-state index contributed by atoms with van der Waals surface area (Å²) in [6.07, 6.45) is -16.7. The summed E-state index contributed by atoms with van der Waals surface area (Å²) in [5.41, 5.74) is 0. The zero-order valence-corrected chi connectivity index (χ0v) is 25.2. The smallest absolute Gasteiger partial charge is 0.338 e. The summed E-state index contributed by atoms with van der Waals surface area (Å²) in [5, 5.41) is 0. The highest BCUT2D eigenvalue weighted by atomic mass is 31.2. The van der Waals surface area contributed by atoms with Crippen molar-refractivity contribution in [2.45, 2.75) is 72.6 Å². The molecule has 0 spiro atoms. The second-order valence-corrected chi connectivity index (χ2v) is 15.0. The second-order valence-electron chi connectivity index (χ2n) is 9.50. The summed E-state index contributed by atoms with van der Waals surface area (Å²) in [6.45, 7) is -10.0. The first-order chi connectivity index (χ1) is 21.2.